The van der Waals surface area contributed by atoms with Gasteiger partial charge in [0.15, 0.2) is 0 Å². The van der Waals surface area contributed by atoms with E-state index in [9.17, 15) is 9.59 Å². The van der Waals surface area contributed by atoms with Crippen molar-refractivity contribution in [2.75, 3.05) is 13.7 Å². The fourth-order valence-corrected chi connectivity index (χ4v) is 2.25. The first kappa shape index (κ1) is 19.0. The minimum absolute atomic E-state index is 0.0287. The maximum Gasteiger partial charge on any atom is 0.242 e. The molecule has 1 N–H and O–H groups in total. The molecule has 0 heterocycles. The zero-order valence-electron chi connectivity index (χ0n) is 14.6. The highest BCUT2D eigenvalue weighted by Crippen LogP contribution is 2.15. The molecule has 5 heteroatoms. The number of nitrogens with zero attached hydrogens (tertiary/aromatic N) is 1. The van der Waals surface area contributed by atoms with Crippen molar-refractivity contribution in [1.82, 2.24) is 10.2 Å². The van der Waals surface area contributed by atoms with Crippen LogP contribution in [0.3, 0.4) is 0 Å². The molecular formula is C18H28N2O3. The maximum atomic E-state index is 12.2. The number of amides is 2. The average Bonchev–Trinajstić information content (AvgIpc) is 2.59. The summed E-state index contributed by atoms with van der Waals surface area (Å²) in [6, 6.07) is 7.06. The first-order chi connectivity index (χ1) is 11.0. The van der Waals surface area contributed by atoms with Gasteiger partial charge in [0, 0.05) is 19.5 Å². The SMILES string of the molecule is CCCCNC(=O)[C@@H](C)N(Cc1ccc(OC)cc1)C(=O)CC. The van der Waals surface area contributed by atoms with Crippen molar-refractivity contribution < 1.29 is 14.3 Å². The normalized spacial score (nSPS) is 11.7. The van der Waals surface area contributed by atoms with E-state index in [0.717, 1.165) is 24.2 Å². The van der Waals surface area contributed by atoms with Crippen molar-refractivity contribution >= 4 is 11.8 Å². The minimum Gasteiger partial charge on any atom is -0.497 e. The van der Waals surface area contributed by atoms with Crippen LogP contribution >= 0.6 is 0 Å². The number of ether oxygens (including phenoxy) is 1. The Morgan fingerprint density at radius 3 is 2.39 bits per heavy atom. The van der Waals surface area contributed by atoms with E-state index < -0.39 is 6.04 Å². The Bertz CT molecular complexity index is 499. The fourth-order valence-electron chi connectivity index (χ4n) is 2.25. The van der Waals surface area contributed by atoms with Crippen LogP contribution in [0.25, 0.3) is 0 Å². The Morgan fingerprint density at radius 1 is 1.22 bits per heavy atom. The molecule has 23 heavy (non-hydrogen) atoms. The van der Waals surface area contributed by atoms with Gasteiger partial charge in [0.1, 0.15) is 11.8 Å². The molecule has 0 fully saturated rings. The number of nitrogens with one attached hydrogen (secondary N) is 1. The highest BCUT2D eigenvalue weighted by atomic mass is 16.5. The van der Waals surface area contributed by atoms with Crippen molar-refractivity contribution in [3.63, 3.8) is 0 Å². The third-order valence-corrected chi connectivity index (χ3v) is 3.81. The Balaban J connectivity index is 2.78. The third-order valence-electron chi connectivity index (χ3n) is 3.81. The van der Waals surface area contributed by atoms with Crippen LogP contribution in [0.15, 0.2) is 24.3 Å². The number of methoxy groups -OCH3 is 1. The maximum absolute atomic E-state index is 12.2. The van der Waals surface area contributed by atoms with Crippen molar-refractivity contribution in [2.45, 2.75) is 52.6 Å². The number of carbonyl (C=O) groups excluding carboxylic acids is 2. The van der Waals surface area contributed by atoms with E-state index in [1.165, 1.54) is 0 Å². The van der Waals surface area contributed by atoms with Crippen LogP contribution in [0.4, 0.5) is 0 Å². The Hall–Kier alpha value is -2.04. The summed E-state index contributed by atoms with van der Waals surface area (Å²) >= 11 is 0. The van der Waals surface area contributed by atoms with Gasteiger partial charge in [-0.15, -0.1) is 0 Å². The summed E-state index contributed by atoms with van der Waals surface area (Å²) < 4.78 is 5.14. The number of hydrogen-bond acceptors (Lipinski definition) is 3. The molecule has 1 atom stereocenters. The Morgan fingerprint density at radius 2 is 1.87 bits per heavy atom. The molecule has 0 unspecified atom stereocenters. The molecule has 128 valence electrons. The molecule has 0 bridgehead atoms. The van der Waals surface area contributed by atoms with Crippen LogP contribution < -0.4 is 10.1 Å². The number of unbranched alkanes of at least 4 members (excludes halogenated alkanes) is 1. The molecule has 0 aliphatic heterocycles. The molecule has 0 radical (unpaired) electrons. The molecule has 2 amide bonds. The molecule has 1 aromatic carbocycles. The predicted molar refractivity (Wildman–Crippen MR) is 91.2 cm³/mol. The summed E-state index contributed by atoms with van der Waals surface area (Å²) in [5.41, 5.74) is 0.973. The van der Waals surface area contributed by atoms with E-state index in [1.54, 1.807) is 18.9 Å². The summed E-state index contributed by atoms with van der Waals surface area (Å²) in [4.78, 5) is 26.1. The highest BCUT2D eigenvalue weighted by molar-refractivity contribution is 5.87. The van der Waals surface area contributed by atoms with Gasteiger partial charge in [-0.05, 0) is 31.0 Å². The van der Waals surface area contributed by atoms with Crippen LogP contribution in [0.1, 0.15) is 45.6 Å². The molecule has 0 saturated carbocycles. The Kier molecular flexibility index (Phi) is 8.16. The lowest BCUT2D eigenvalue weighted by Crippen LogP contribution is -2.47. The summed E-state index contributed by atoms with van der Waals surface area (Å²) in [5.74, 6) is 0.639. The van der Waals surface area contributed by atoms with E-state index in [4.69, 9.17) is 4.74 Å². The van der Waals surface area contributed by atoms with Crippen LogP contribution in [0, 0.1) is 0 Å². The highest BCUT2D eigenvalue weighted by Gasteiger charge is 2.24. The first-order valence-electron chi connectivity index (χ1n) is 8.23. The van der Waals surface area contributed by atoms with E-state index in [2.05, 4.69) is 12.2 Å². The lowest BCUT2D eigenvalue weighted by atomic mass is 10.1. The van der Waals surface area contributed by atoms with Crippen LogP contribution in [0.5, 0.6) is 5.75 Å². The van der Waals surface area contributed by atoms with Gasteiger partial charge in [0.05, 0.1) is 7.11 Å². The zero-order chi connectivity index (χ0) is 17.2. The quantitative estimate of drug-likeness (QED) is 0.712. The second kappa shape index (κ2) is 9.87. The van der Waals surface area contributed by atoms with E-state index in [1.807, 2.05) is 31.2 Å². The topological polar surface area (TPSA) is 58.6 Å². The molecular weight excluding hydrogens is 292 g/mol. The van der Waals surface area contributed by atoms with E-state index >= 15 is 0 Å². The lowest BCUT2D eigenvalue weighted by Gasteiger charge is -2.28. The van der Waals surface area contributed by atoms with Crippen LogP contribution in [0.2, 0.25) is 0 Å². The molecule has 0 aromatic heterocycles. The minimum atomic E-state index is -0.485. The first-order valence-corrected chi connectivity index (χ1v) is 8.23. The van der Waals surface area contributed by atoms with E-state index in [0.29, 0.717) is 19.5 Å². The average molecular weight is 320 g/mol. The molecule has 0 aliphatic carbocycles. The summed E-state index contributed by atoms with van der Waals surface area (Å²) in [5, 5.41) is 2.89. The van der Waals surface area contributed by atoms with Crippen molar-refractivity contribution in [3.05, 3.63) is 29.8 Å². The largest absolute Gasteiger partial charge is 0.497 e. The predicted octanol–water partition coefficient (Wildman–Crippen LogP) is 2.74. The molecule has 0 aliphatic rings. The number of carbonyl (C=O) groups is 2. The van der Waals surface area contributed by atoms with Gasteiger partial charge in [-0.3, -0.25) is 9.59 Å². The molecule has 0 saturated heterocycles. The van der Waals surface area contributed by atoms with Gasteiger partial charge in [0.25, 0.3) is 0 Å². The van der Waals surface area contributed by atoms with Gasteiger partial charge in [-0.25, -0.2) is 0 Å². The second-order valence-corrected chi connectivity index (χ2v) is 5.54. The third kappa shape index (κ3) is 5.93. The summed E-state index contributed by atoms with van der Waals surface area (Å²) in [7, 11) is 1.62. The van der Waals surface area contributed by atoms with Crippen molar-refractivity contribution in [2.24, 2.45) is 0 Å². The van der Waals surface area contributed by atoms with Gasteiger partial charge in [0.2, 0.25) is 11.8 Å². The Labute approximate surface area is 139 Å². The number of benzene rings is 1. The van der Waals surface area contributed by atoms with Gasteiger partial charge >= 0.3 is 0 Å². The van der Waals surface area contributed by atoms with Gasteiger partial charge < -0.3 is 15.0 Å². The molecule has 1 rings (SSSR count). The zero-order valence-corrected chi connectivity index (χ0v) is 14.6. The smallest absolute Gasteiger partial charge is 0.242 e. The van der Waals surface area contributed by atoms with Gasteiger partial charge in [-0.2, -0.15) is 0 Å². The van der Waals surface area contributed by atoms with Crippen molar-refractivity contribution in [1.29, 1.82) is 0 Å². The molecule has 5 nitrogen and oxygen atoms in total. The fraction of sp³-hybridized carbons (Fsp3) is 0.556. The monoisotopic (exact) mass is 320 g/mol. The number of rotatable bonds is 9. The number of hydrogen-bond donors (Lipinski definition) is 1. The molecule has 1 aromatic rings. The van der Waals surface area contributed by atoms with Crippen molar-refractivity contribution in [3.8, 4) is 5.75 Å². The summed E-state index contributed by atoms with van der Waals surface area (Å²) in [6.07, 6.45) is 2.35. The van der Waals surface area contributed by atoms with E-state index in [-0.39, 0.29) is 11.8 Å². The van der Waals surface area contributed by atoms with Gasteiger partial charge in [-0.1, -0.05) is 32.4 Å². The standard InChI is InChI=1S/C18H28N2O3/c1-5-7-12-19-18(22)14(3)20(17(21)6-2)13-15-8-10-16(23-4)11-9-15/h8-11,14H,5-7,12-13H2,1-4H3,(H,19,22)/t14-/m1/s1. The summed E-state index contributed by atoms with van der Waals surface area (Å²) in [6.45, 7) is 6.73. The second-order valence-electron chi connectivity index (χ2n) is 5.54. The molecule has 0 spiro atoms. The lowest BCUT2D eigenvalue weighted by molar-refractivity contribution is -0.140. The van der Waals surface area contributed by atoms with Crippen LogP contribution in [-0.4, -0.2) is 36.4 Å². The van der Waals surface area contributed by atoms with Crippen LogP contribution in [-0.2, 0) is 16.1 Å².